The molecule has 0 unspecified atom stereocenters. The summed E-state index contributed by atoms with van der Waals surface area (Å²) in [4.78, 5) is 27.9. The van der Waals surface area contributed by atoms with Crippen molar-refractivity contribution >= 4 is 46.4 Å². The highest BCUT2D eigenvalue weighted by atomic mass is 35.5. The zero-order valence-corrected chi connectivity index (χ0v) is 14.7. The summed E-state index contributed by atoms with van der Waals surface area (Å²) in [7, 11) is 0. The fraction of sp³-hybridized carbons (Fsp3) is 0.312. The number of anilines is 2. The normalized spacial score (nSPS) is 9.83. The molecule has 0 saturated heterocycles. The third-order valence-electron chi connectivity index (χ3n) is 3.03. The van der Waals surface area contributed by atoms with Crippen LogP contribution in [0.1, 0.15) is 42.2 Å². The van der Waals surface area contributed by atoms with Gasteiger partial charge in [-0.15, -0.1) is 23.7 Å². The molecule has 0 bridgehead atoms. The minimum atomic E-state index is -0.210. The third-order valence-corrected chi connectivity index (χ3v) is 3.90. The van der Waals surface area contributed by atoms with E-state index in [9.17, 15) is 9.59 Å². The van der Waals surface area contributed by atoms with Crippen LogP contribution in [0.15, 0.2) is 29.6 Å². The number of carbonyl (C=O) groups is 2. The van der Waals surface area contributed by atoms with Crippen molar-refractivity contribution in [1.82, 2.24) is 4.98 Å². The standard InChI is InChI=1S/C16H19N3O2S.ClH/c1-3-4-5-14(20)18-13-8-6-12(7-9-13)15(21)19-16-17-11(2)10-22-16;/h6-10H,3-5H2,1-2H3,(H,18,20)(H,17,19,21);1H. The predicted molar refractivity (Wildman–Crippen MR) is 96.6 cm³/mol. The molecule has 0 radical (unpaired) electrons. The lowest BCUT2D eigenvalue weighted by atomic mass is 10.2. The minimum absolute atomic E-state index is 0. The molecule has 0 aliphatic rings. The van der Waals surface area contributed by atoms with Crippen LogP contribution < -0.4 is 10.6 Å². The van der Waals surface area contributed by atoms with Gasteiger partial charge in [-0.05, 0) is 37.6 Å². The van der Waals surface area contributed by atoms with Crippen LogP contribution in [0.5, 0.6) is 0 Å². The van der Waals surface area contributed by atoms with E-state index in [-0.39, 0.29) is 24.2 Å². The second-order valence-corrected chi connectivity index (χ2v) is 5.84. The van der Waals surface area contributed by atoms with Crippen molar-refractivity contribution in [2.24, 2.45) is 0 Å². The first-order chi connectivity index (χ1) is 10.6. The molecule has 7 heteroatoms. The zero-order chi connectivity index (χ0) is 15.9. The van der Waals surface area contributed by atoms with E-state index in [1.807, 2.05) is 19.2 Å². The van der Waals surface area contributed by atoms with Crippen molar-refractivity contribution in [3.05, 3.63) is 40.9 Å². The third kappa shape index (κ3) is 6.00. The average molecular weight is 354 g/mol. The number of unbranched alkanes of at least 4 members (excludes halogenated alkanes) is 1. The van der Waals surface area contributed by atoms with E-state index in [1.165, 1.54) is 11.3 Å². The summed E-state index contributed by atoms with van der Waals surface area (Å²) in [5.74, 6) is -0.212. The maximum absolute atomic E-state index is 12.1. The highest BCUT2D eigenvalue weighted by molar-refractivity contribution is 7.13. The zero-order valence-electron chi connectivity index (χ0n) is 13.1. The number of nitrogens with zero attached hydrogens (tertiary/aromatic N) is 1. The smallest absolute Gasteiger partial charge is 0.257 e. The topological polar surface area (TPSA) is 71.1 Å². The lowest BCUT2D eigenvalue weighted by Gasteiger charge is -2.06. The minimum Gasteiger partial charge on any atom is -0.326 e. The van der Waals surface area contributed by atoms with E-state index in [0.717, 1.165) is 18.5 Å². The quantitative estimate of drug-likeness (QED) is 0.815. The molecule has 23 heavy (non-hydrogen) atoms. The Balaban J connectivity index is 0.00000264. The van der Waals surface area contributed by atoms with Gasteiger partial charge in [0.25, 0.3) is 5.91 Å². The highest BCUT2D eigenvalue weighted by Crippen LogP contribution is 2.16. The summed E-state index contributed by atoms with van der Waals surface area (Å²) in [5.41, 5.74) is 2.10. The summed E-state index contributed by atoms with van der Waals surface area (Å²) >= 11 is 1.39. The van der Waals surface area contributed by atoms with Gasteiger partial charge in [-0.3, -0.25) is 14.9 Å². The van der Waals surface area contributed by atoms with Crippen LogP contribution >= 0.6 is 23.7 Å². The molecule has 2 N–H and O–H groups in total. The van der Waals surface area contributed by atoms with Crippen LogP contribution in [0, 0.1) is 6.92 Å². The van der Waals surface area contributed by atoms with Crippen molar-refractivity contribution in [3.63, 3.8) is 0 Å². The molecule has 0 spiro atoms. The Bertz CT molecular complexity index is 656. The molecular formula is C16H20ClN3O2S. The van der Waals surface area contributed by atoms with Gasteiger partial charge in [0.2, 0.25) is 5.91 Å². The van der Waals surface area contributed by atoms with E-state index < -0.39 is 0 Å². The number of nitrogens with one attached hydrogen (secondary N) is 2. The number of hydrogen-bond donors (Lipinski definition) is 2. The van der Waals surface area contributed by atoms with Gasteiger partial charge >= 0.3 is 0 Å². The van der Waals surface area contributed by atoms with Crippen molar-refractivity contribution in [2.45, 2.75) is 33.1 Å². The number of amides is 2. The summed E-state index contributed by atoms with van der Waals surface area (Å²) in [6.45, 7) is 3.92. The maximum atomic E-state index is 12.1. The van der Waals surface area contributed by atoms with Crippen molar-refractivity contribution < 1.29 is 9.59 Å². The molecule has 0 saturated carbocycles. The molecule has 1 heterocycles. The highest BCUT2D eigenvalue weighted by Gasteiger charge is 2.09. The number of rotatable bonds is 6. The number of benzene rings is 1. The Hall–Kier alpha value is -1.92. The summed E-state index contributed by atoms with van der Waals surface area (Å²) in [6, 6.07) is 6.83. The first kappa shape index (κ1) is 19.1. The van der Waals surface area contributed by atoms with Crippen LogP contribution in [-0.4, -0.2) is 16.8 Å². The molecule has 0 aliphatic heterocycles. The van der Waals surface area contributed by atoms with E-state index in [4.69, 9.17) is 0 Å². The Labute approximate surface area is 145 Å². The Morgan fingerprint density at radius 2 is 1.87 bits per heavy atom. The second kappa shape index (κ2) is 9.27. The molecular weight excluding hydrogens is 334 g/mol. The van der Waals surface area contributed by atoms with Crippen molar-refractivity contribution in [1.29, 1.82) is 0 Å². The van der Waals surface area contributed by atoms with Gasteiger partial charge in [0.15, 0.2) is 5.13 Å². The summed E-state index contributed by atoms with van der Waals surface area (Å²) in [6.07, 6.45) is 2.38. The lowest BCUT2D eigenvalue weighted by Crippen LogP contribution is -2.13. The van der Waals surface area contributed by atoms with E-state index in [2.05, 4.69) is 15.6 Å². The predicted octanol–water partition coefficient (Wildman–Crippen LogP) is 4.25. The molecule has 124 valence electrons. The van der Waals surface area contributed by atoms with Gasteiger partial charge in [0, 0.05) is 23.1 Å². The fourth-order valence-electron chi connectivity index (χ4n) is 1.85. The molecule has 0 aliphatic carbocycles. The first-order valence-corrected chi connectivity index (χ1v) is 8.10. The number of thiazole rings is 1. The maximum Gasteiger partial charge on any atom is 0.257 e. The van der Waals surface area contributed by atoms with Gasteiger partial charge in [-0.2, -0.15) is 0 Å². The Morgan fingerprint density at radius 1 is 1.17 bits per heavy atom. The fourth-order valence-corrected chi connectivity index (χ4v) is 2.53. The molecule has 5 nitrogen and oxygen atoms in total. The molecule has 0 atom stereocenters. The van der Waals surface area contributed by atoms with Gasteiger partial charge in [0.05, 0.1) is 5.69 Å². The van der Waals surface area contributed by atoms with E-state index in [1.54, 1.807) is 24.3 Å². The average Bonchev–Trinajstić information content (AvgIpc) is 2.91. The number of hydrogen-bond acceptors (Lipinski definition) is 4. The van der Waals surface area contributed by atoms with Crippen molar-refractivity contribution in [3.8, 4) is 0 Å². The van der Waals surface area contributed by atoms with Gasteiger partial charge in [-0.1, -0.05) is 13.3 Å². The Kier molecular flexibility index (Phi) is 7.71. The molecule has 2 amide bonds. The van der Waals surface area contributed by atoms with Gasteiger partial charge in [0.1, 0.15) is 0 Å². The first-order valence-electron chi connectivity index (χ1n) is 7.22. The molecule has 2 aromatic rings. The van der Waals surface area contributed by atoms with E-state index in [0.29, 0.717) is 22.8 Å². The number of aromatic nitrogens is 1. The van der Waals surface area contributed by atoms with Crippen LogP contribution in [-0.2, 0) is 4.79 Å². The molecule has 1 aromatic carbocycles. The lowest BCUT2D eigenvalue weighted by molar-refractivity contribution is -0.116. The van der Waals surface area contributed by atoms with E-state index >= 15 is 0 Å². The second-order valence-electron chi connectivity index (χ2n) is 4.98. The van der Waals surface area contributed by atoms with Gasteiger partial charge < -0.3 is 5.32 Å². The number of aryl methyl sites for hydroxylation is 1. The molecule has 0 fully saturated rings. The van der Waals surface area contributed by atoms with Crippen LogP contribution in [0.25, 0.3) is 0 Å². The van der Waals surface area contributed by atoms with Gasteiger partial charge in [-0.25, -0.2) is 4.98 Å². The summed E-state index contributed by atoms with van der Waals surface area (Å²) < 4.78 is 0. The largest absolute Gasteiger partial charge is 0.326 e. The Morgan fingerprint density at radius 3 is 2.43 bits per heavy atom. The monoisotopic (exact) mass is 353 g/mol. The van der Waals surface area contributed by atoms with Crippen LogP contribution in [0.2, 0.25) is 0 Å². The number of halogens is 1. The number of carbonyl (C=O) groups excluding carboxylic acids is 2. The summed E-state index contributed by atoms with van der Waals surface area (Å²) in [5, 5.41) is 8.03. The van der Waals surface area contributed by atoms with Crippen LogP contribution in [0.4, 0.5) is 10.8 Å². The SMILES string of the molecule is CCCCC(=O)Nc1ccc(C(=O)Nc2nc(C)cs2)cc1.Cl. The van der Waals surface area contributed by atoms with Crippen molar-refractivity contribution in [2.75, 3.05) is 10.6 Å². The molecule has 1 aromatic heterocycles. The molecule has 2 rings (SSSR count). The van der Waals surface area contributed by atoms with Crippen LogP contribution in [0.3, 0.4) is 0 Å².